The Morgan fingerprint density at radius 3 is 3.00 bits per heavy atom. The number of hydrogen-bond acceptors (Lipinski definition) is 5. The average Bonchev–Trinajstić information content (AvgIpc) is 2.66. The van der Waals surface area contributed by atoms with Gasteiger partial charge in [0.05, 0.1) is 13.2 Å². The van der Waals surface area contributed by atoms with Crippen molar-refractivity contribution in [2.75, 3.05) is 19.0 Å². The summed E-state index contributed by atoms with van der Waals surface area (Å²) in [6, 6.07) is 0. The largest absolute Gasteiger partial charge is 0.353 e. The highest BCUT2D eigenvalue weighted by Crippen LogP contribution is 2.24. The number of thiazole rings is 1. The molecule has 2 rings (SSSR count). The molecule has 5 heteroatoms. The molecule has 0 unspecified atom stereocenters. The van der Waals surface area contributed by atoms with Crippen molar-refractivity contribution in [3.63, 3.8) is 0 Å². The van der Waals surface area contributed by atoms with Crippen LogP contribution in [0.2, 0.25) is 0 Å². The van der Waals surface area contributed by atoms with Crippen LogP contribution in [-0.4, -0.2) is 30.2 Å². The summed E-state index contributed by atoms with van der Waals surface area (Å²) in [5, 5.41) is 2.08. The Kier molecular flexibility index (Phi) is 4.43. The van der Waals surface area contributed by atoms with E-state index >= 15 is 0 Å². The molecule has 0 spiro atoms. The van der Waals surface area contributed by atoms with E-state index in [1.807, 2.05) is 6.92 Å². The van der Waals surface area contributed by atoms with E-state index in [9.17, 15) is 0 Å². The maximum absolute atomic E-state index is 5.47. The van der Waals surface area contributed by atoms with E-state index in [1.165, 1.54) is 0 Å². The lowest BCUT2D eigenvalue weighted by Gasteiger charge is -2.22. The van der Waals surface area contributed by atoms with E-state index in [1.54, 1.807) is 23.1 Å². The third-order valence-corrected chi connectivity index (χ3v) is 4.25. The van der Waals surface area contributed by atoms with Crippen LogP contribution in [0.15, 0.2) is 9.72 Å². The van der Waals surface area contributed by atoms with Gasteiger partial charge in [-0.2, -0.15) is 0 Å². The number of ether oxygens (including phenoxy) is 2. The normalized spacial score (nSPS) is 18.2. The molecular formula is C10H15NO2S2. The van der Waals surface area contributed by atoms with Crippen LogP contribution in [0.25, 0.3) is 0 Å². The molecule has 15 heavy (non-hydrogen) atoms. The molecule has 2 heterocycles. The first kappa shape index (κ1) is 11.4. The lowest BCUT2D eigenvalue weighted by molar-refractivity contribution is -0.178. The summed E-state index contributed by atoms with van der Waals surface area (Å²) in [6.07, 6.45) is 1.98. The number of hydrogen-bond donors (Lipinski definition) is 0. The first-order chi connectivity index (χ1) is 7.34. The number of aryl methyl sites for hydroxylation is 1. The smallest absolute Gasteiger partial charge is 0.158 e. The highest BCUT2D eigenvalue weighted by molar-refractivity contribution is 8.01. The van der Waals surface area contributed by atoms with Crippen LogP contribution in [0, 0.1) is 6.92 Å². The Morgan fingerprint density at radius 2 is 2.33 bits per heavy atom. The molecule has 0 aliphatic carbocycles. The molecule has 0 atom stereocenters. The zero-order chi connectivity index (χ0) is 10.5. The second-order valence-electron chi connectivity index (χ2n) is 3.42. The van der Waals surface area contributed by atoms with Crippen molar-refractivity contribution in [3.8, 4) is 0 Å². The molecule has 1 aromatic heterocycles. The molecule has 0 bridgehead atoms. The molecule has 1 fully saturated rings. The lowest BCUT2D eigenvalue weighted by atomic mass is 10.4. The molecule has 0 saturated carbocycles. The minimum absolute atomic E-state index is 0.00677. The third kappa shape index (κ3) is 3.75. The summed E-state index contributed by atoms with van der Waals surface area (Å²) >= 11 is 3.49. The van der Waals surface area contributed by atoms with Gasteiger partial charge in [0, 0.05) is 23.2 Å². The minimum Gasteiger partial charge on any atom is -0.353 e. The molecule has 1 aliphatic heterocycles. The Hall–Kier alpha value is -0.100. The van der Waals surface area contributed by atoms with Crippen molar-refractivity contribution in [1.29, 1.82) is 0 Å². The first-order valence-electron chi connectivity index (χ1n) is 5.13. The van der Waals surface area contributed by atoms with Gasteiger partial charge in [0.2, 0.25) is 0 Å². The third-order valence-electron chi connectivity index (χ3n) is 2.07. The Balaban J connectivity index is 1.65. The summed E-state index contributed by atoms with van der Waals surface area (Å²) in [7, 11) is 0. The van der Waals surface area contributed by atoms with Crippen LogP contribution in [0.5, 0.6) is 0 Å². The molecular weight excluding hydrogens is 230 g/mol. The second-order valence-corrected chi connectivity index (χ2v) is 5.62. The summed E-state index contributed by atoms with van der Waals surface area (Å²) in [5.74, 6) is 1.01. The standard InChI is InChI=1S/C10H15NO2S2/c1-8-7-15-10(11-8)14-6-3-9-12-4-2-5-13-9/h7,9H,2-6H2,1H3. The van der Waals surface area contributed by atoms with Crippen LogP contribution < -0.4 is 0 Å². The first-order valence-corrected chi connectivity index (χ1v) is 6.99. The highest BCUT2D eigenvalue weighted by Gasteiger charge is 2.13. The Labute approximate surface area is 98.2 Å². The van der Waals surface area contributed by atoms with Gasteiger partial charge in [-0.15, -0.1) is 11.3 Å². The zero-order valence-electron chi connectivity index (χ0n) is 8.77. The molecule has 1 aliphatic rings. The van der Waals surface area contributed by atoms with Crippen molar-refractivity contribution >= 4 is 23.1 Å². The number of rotatable bonds is 4. The van der Waals surface area contributed by atoms with E-state index in [4.69, 9.17) is 9.47 Å². The topological polar surface area (TPSA) is 31.4 Å². The second kappa shape index (κ2) is 5.84. The van der Waals surface area contributed by atoms with Crippen LogP contribution in [0.1, 0.15) is 18.5 Å². The van der Waals surface area contributed by atoms with Gasteiger partial charge >= 0.3 is 0 Å². The fourth-order valence-corrected chi connectivity index (χ4v) is 3.23. The van der Waals surface area contributed by atoms with Crippen LogP contribution in [-0.2, 0) is 9.47 Å². The van der Waals surface area contributed by atoms with E-state index in [0.717, 1.165) is 41.8 Å². The van der Waals surface area contributed by atoms with E-state index in [0.29, 0.717) is 0 Å². The fourth-order valence-electron chi connectivity index (χ4n) is 1.34. The molecule has 1 aromatic rings. The van der Waals surface area contributed by atoms with Crippen LogP contribution >= 0.6 is 23.1 Å². The van der Waals surface area contributed by atoms with Gasteiger partial charge in [-0.25, -0.2) is 4.98 Å². The van der Waals surface area contributed by atoms with Gasteiger partial charge in [-0.05, 0) is 13.3 Å². The summed E-state index contributed by atoms with van der Waals surface area (Å²) < 4.78 is 12.1. The van der Waals surface area contributed by atoms with Crippen LogP contribution in [0.3, 0.4) is 0 Å². The molecule has 3 nitrogen and oxygen atoms in total. The molecule has 0 amide bonds. The maximum atomic E-state index is 5.47. The van der Waals surface area contributed by atoms with Gasteiger partial charge in [-0.1, -0.05) is 11.8 Å². The zero-order valence-corrected chi connectivity index (χ0v) is 10.4. The number of aromatic nitrogens is 1. The highest BCUT2D eigenvalue weighted by atomic mass is 32.2. The number of nitrogens with zero attached hydrogens (tertiary/aromatic N) is 1. The Bertz CT molecular complexity index is 297. The summed E-state index contributed by atoms with van der Waals surface area (Å²) in [6.45, 7) is 3.70. The predicted molar refractivity (Wildman–Crippen MR) is 62.5 cm³/mol. The quantitative estimate of drug-likeness (QED) is 0.763. The minimum atomic E-state index is 0.00677. The monoisotopic (exact) mass is 245 g/mol. The molecule has 0 N–H and O–H groups in total. The summed E-state index contributed by atoms with van der Waals surface area (Å²) in [5.41, 5.74) is 1.10. The van der Waals surface area contributed by atoms with E-state index in [2.05, 4.69) is 10.4 Å². The van der Waals surface area contributed by atoms with Crippen molar-refractivity contribution in [2.45, 2.75) is 30.4 Å². The van der Waals surface area contributed by atoms with Gasteiger partial charge in [0.15, 0.2) is 6.29 Å². The molecule has 1 saturated heterocycles. The fraction of sp³-hybridized carbons (Fsp3) is 0.700. The molecule has 84 valence electrons. The molecule has 0 aromatic carbocycles. The van der Waals surface area contributed by atoms with Gasteiger partial charge in [0.25, 0.3) is 0 Å². The maximum Gasteiger partial charge on any atom is 0.158 e. The van der Waals surface area contributed by atoms with E-state index in [-0.39, 0.29) is 6.29 Å². The van der Waals surface area contributed by atoms with Gasteiger partial charge < -0.3 is 9.47 Å². The van der Waals surface area contributed by atoms with Crippen molar-refractivity contribution in [2.24, 2.45) is 0 Å². The van der Waals surface area contributed by atoms with Gasteiger partial charge in [0.1, 0.15) is 4.34 Å². The summed E-state index contributed by atoms with van der Waals surface area (Å²) in [4.78, 5) is 4.39. The van der Waals surface area contributed by atoms with Gasteiger partial charge in [-0.3, -0.25) is 0 Å². The average molecular weight is 245 g/mol. The lowest BCUT2D eigenvalue weighted by Crippen LogP contribution is -2.25. The van der Waals surface area contributed by atoms with Crippen molar-refractivity contribution in [3.05, 3.63) is 11.1 Å². The van der Waals surface area contributed by atoms with E-state index < -0.39 is 0 Å². The van der Waals surface area contributed by atoms with Crippen molar-refractivity contribution < 1.29 is 9.47 Å². The number of thioether (sulfide) groups is 1. The SMILES string of the molecule is Cc1csc(SCCC2OCCCO2)n1. The molecule has 0 radical (unpaired) electrons. The Morgan fingerprint density at radius 1 is 1.53 bits per heavy atom. The van der Waals surface area contributed by atoms with Crippen molar-refractivity contribution in [1.82, 2.24) is 4.98 Å². The predicted octanol–water partition coefficient (Wildman–Crippen LogP) is 2.70. The van der Waals surface area contributed by atoms with Crippen LogP contribution in [0.4, 0.5) is 0 Å².